The zero-order valence-electron chi connectivity index (χ0n) is 10.4. The molecule has 1 aliphatic heterocycles. The number of morpholine rings is 1. The van der Waals surface area contributed by atoms with Crippen molar-refractivity contribution in [2.75, 3.05) is 33.4 Å². The van der Waals surface area contributed by atoms with Gasteiger partial charge >= 0.3 is 0 Å². The average molecular weight is 212 g/mol. The number of ether oxygens (including phenoxy) is 1. The van der Waals surface area contributed by atoms with Crippen molar-refractivity contribution in [2.24, 2.45) is 0 Å². The SMILES string of the molecule is CCCCCCC=C[N+]1(C)CCOCC1. The van der Waals surface area contributed by atoms with Crippen molar-refractivity contribution in [3.8, 4) is 0 Å². The van der Waals surface area contributed by atoms with Crippen molar-refractivity contribution in [1.82, 2.24) is 0 Å². The van der Waals surface area contributed by atoms with E-state index in [9.17, 15) is 0 Å². The second kappa shape index (κ2) is 7.02. The van der Waals surface area contributed by atoms with Crippen LogP contribution in [0.5, 0.6) is 0 Å². The van der Waals surface area contributed by atoms with Gasteiger partial charge in [-0.3, -0.25) is 4.48 Å². The summed E-state index contributed by atoms with van der Waals surface area (Å²) in [6.07, 6.45) is 11.4. The molecule has 2 heteroatoms. The van der Waals surface area contributed by atoms with E-state index in [1.165, 1.54) is 32.1 Å². The molecular formula is C13H26NO+. The summed E-state index contributed by atoms with van der Waals surface area (Å²) in [5.74, 6) is 0. The number of nitrogens with zero attached hydrogens (tertiary/aromatic N) is 1. The van der Waals surface area contributed by atoms with Crippen molar-refractivity contribution in [1.29, 1.82) is 0 Å². The van der Waals surface area contributed by atoms with Gasteiger partial charge in [0.25, 0.3) is 0 Å². The van der Waals surface area contributed by atoms with Gasteiger partial charge in [0.05, 0.1) is 26.5 Å². The van der Waals surface area contributed by atoms with E-state index in [-0.39, 0.29) is 0 Å². The van der Waals surface area contributed by atoms with Gasteiger partial charge < -0.3 is 4.74 Å². The fourth-order valence-corrected chi connectivity index (χ4v) is 1.93. The van der Waals surface area contributed by atoms with Crippen LogP contribution in [-0.4, -0.2) is 37.8 Å². The maximum Gasteiger partial charge on any atom is 0.106 e. The van der Waals surface area contributed by atoms with E-state index in [1.807, 2.05) is 0 Å². The second-order valence-electron chi connectivity index (χ2n) is 4.77. The van der Waals surface area contributed by atoms with Gasteiger partial charge in [0, 0.05) is 0 Å². The van der Waals surface area contributed by atoms with E-state index in [0.717, 1.165) is 30.8 Å². The normalized spacial score (nSPS) is 20.9. The van der Waals surface area contributed by atoms with E-state index < -0.39 is 0 Å². The topological polar surface area (TPSA) is 9.23 Å². The lowest BCUT2D eigenvalue weighted by atomic mass is 10.1. The van der Waals surface area contributed by atoms with Gasteiger partial charge in [0.1, 0.15) is 13.1 Å². The molecule has 0 aromatic heterocycles. The number of hydrogen-bond donors (Lipinski definition) is 0. The third-order valence-corrected chi connectivity index (χ3v) is 3.18. The number of hydrogen-bond acceptors (Lipinski definition) is 1. The second-order valence-corrected chi connectivity index (χ2v) is 4.77. The van der Waals surface area contributed by atoms with Crippen LogP contribution < -0.4 is 0 Å². The van der Waals surface area contributed by atoms with Gasteiger partial charge in [0.15, 0.2) is 0 Å². The predicted molar refractivity (Wildman–Crippen MR) is 64.6 cm³/mol. The van der Waals surface area contributed by atoms with Crippen LogP contribution in [0.2, 0.25) is 0 Å². The van der Waals surface area contributed by atoms with E-state index in [1.54, 1.807) is 0 Å². The molecule has 0 atom stereocenters. The molecule has 88 valence electrons. The number of unbranched alkanes of at least 4 members (excludes halogenated alkanes) is 4. The van der Waals surface area contributed by atoms with Gasteiger partial charge in [-0.2, -0.15) is 0 Å². The fourth-order valence-electron chi connectivity index (χ4n) is 1.93. The Bertz CT molecular complexity index is 183. The van der Waals surface area contributed by atoms with Crippen LogP contribution >= 0.6 is 0 Å². The molecular weight excluding hydrogens is 186 g/mol. The van der Waals surface area contributed by atoms with Gasteiger partial charge in [-0.15, -0.1) is 0 Å². The molecule has 0 aromatic rings. The number of allylic oxidation sites excluding steroid dienone is 1. The Labute approximate surface area is 94.5 Å². The summed E-state index contributed by atoms with van der Waals surface area (Å²) in [5, 5.41) is 0. The zero-order valence-corrected chi connectivity index (χ0v) is 10.4. The molecule has 0 unspecified atom stereocenters. The summed E-state index contributed by atoms with van der Waals surface area (Å²) in [4.78, 5) is 0. The molecule has 2 nitrogen and oxygen atoms in total. The highest BCUT2D eigenvalue weighted by molar-refractivity contribution is 4.75. The van der Waals surface area contributed by atoms with Gasteiger partial charge in [-0.05, 0) is 18.9 Å². The van der Waals surface area contributed by atoms with Crippen molar-refractivity contribution in [3.63, 3.8) is 0 Å². The lowest BCUT2D eigenvalue weighted by Crippen LogP contribution is -2.47. The predicted octanol–water partition coefficient (Wildman–Crippen LogP) is 2.95. The number of quaternary nitrogens is 1. The molecule has 1 fully saturated rings. The van der Waals surface area contributed by atoms with Crippen LogP contribution in [0.25, 0.3) is 0 Å². The highest BCUT2D eigenvalue weighted by Gasteiger charge is 2.21. The van der Waals surface area contributed by atoms with E-state index in [0.29, 0.717) is 0 Å². The summed E-state index contributed by atoms with van der Waals surface area (Å²) < 4.78 is 6.44. The van der Waals surface area contributed by atoms with Crippen molar-refractivity contribution < 1.29 is 9.22 Å². The molecule has 15 heavy (non-hydrogen) atoms. The molecule has 0 amide bonds. The largest absolute Gasteiger partial charge is 0.370 e. The molecule has 0 aromatic carbocycles. The first-order valence-electron chi connectivity index (χ1n) is 6.36. The molecule has 1 aliphatic rings. The van der Waals surface area contributed by atoms with E-state index in [2.05, 4.69) is 26.2 Å². The maximum absolute atomic E-state index is 5.37. The Kier molecular flexibility index (Phi) is 5.96. The summed E-state index contributed by atoms with van der Waals surface area (Å²) in [6, 6.07) is 0. The molecule has 0 N–H and O–H groups in total. The molecule has 0 spiro atoms. The monoisotopic (exact) mass is 212 g/mol. The summed E-state index contributed by atoms with van der Waals surface area (Å²) in [6.45, 7) is 6.35. The van der Waals surface area contributed by atoms with Crippen LogP contribution in [0.1, 0.15) is 39.0 Å². The summed E-state index contributed by atoms with van der Waals surface area (Å²) >= 11 is 0. The van der Waals surface area contributed by atoms with Crippen molar-refractivity contribution in [3.05, 3.63) is 12.3 Å². The van der Waals surface area contributed by atoms with E-state index in [4.69, 9.17) is 4.74 Å². The van der Waals surface area contributed by atoms with Crippen LogP contribution in [0.4, 0.5) is 0 Å². The zero-order chi connectivity index (χ0) is 11.0. The number of rotatable bonds is 6. The molecule has 0 saturated carbocycles. The highest BCUT2D eigenvalue weighted by atomic mass is 16.5. The maximum atomic E-state index is 5.37. The lowest BCUT2D eigenvalue weighted by Gasteiger charge is -2.33. The van der Waals surface area contributed by atoms with Gasteiger partial charge in [-0.25, -0.2) is 0 Å². The first-order valence-corrected chi connectivity index (χ1v) is 6.36. The smallest absolute Gasteiger partial charge is 0.106 e. The van der Waals surface area contributed by atoms with Crippen LogP contribution in [0.3, 0.4) is 0 Å². The number of likely N-dealkylation sites (N-methyl/N-ethyl adjacent to an activating group) is 1. The Morgan fingerprint density at radius 2 is 1.87 bits per heavy atom. The molecule has 1 saturated heterocycles. The first-order chi connectivity index (χ1) is 7.27. The van der Waals surface area contributed by atoms with Gasteiger partial charge in [0.2, 0.25) is 0 Å². The third kappa shape index (κ3) is 5.33. The molecule has 0 bridgehead atoms. The molecule has 1 heterocycles. The summed E-state index contributed by atoms with van der Waals surface area (Å²) in [7, 11) is 2.30. The average Bonchev–Trinajstić information content (AvgIpc) is 2.24. The Morgan fingerprint density at radius 3 is 2.53 bits per heavy atom. The van der Waals surface area contributed by atoms with Crippen LogP contribution in [-0.2, 0) is 4.74 Å². The minimum absolute atomic E-state index is 0.913. The minimum Gasteiger partial charge on any atom is -0.370 e. The first kappa shape index (κ1) is 12.7. The molecule has 0 radical (unpaired) electrons. The van der Waals surface area contributed by atoms with Crippen molar-refractivity contribution in [2.45, 2.75) is 39.0 Å². The van der Waals surface area contributed by atoms with Crippen LogP contribution in [0, 0.1) is 0 Å². The Hall–Kier alpha value is -0.340. The van der Waals surface area contributed by atoms with Crippen LogP contribution in [0.15, 0.2) is 12.3 Å². The molecule has 0 aliphatic carbocycles. The minimum atomic E-state index is 0.913. The quantitative estimate of drug-likeness (QED) is 0.486. The van der Waals surface area contributed by atoms with Gasteiger partial charge in [-0.1, -0.05) is 26.2 Å². The van der Waals surface area contributed by atoms with Crippen molar-refractivity contribution >= 4 is 0 Å². The summed E-state index contributed by atoms with van der Waals surface area (Å²) in [5.41, 5.74) is 0. The fraction of sp³-hybridized carbons (Fsp3) is 0.846. The lowest BCUT2D eigenvalue weighted by molar-refractivity contribution is -0.868. The Balaban J connectivity index is 2.12. The Morgan fingerprint density at radius 1 is 1.13 bits per heavy atom. The van der Waals surface area contributed by atoms with E-state index >= 15 is 0 Å². The third-order valence-electron chi connectivity index (χ3n) is 3.18. The standard InChI is InChI=1S/C13H26NO/c1-3-4-5-6-7-8-9-14(2)10-12-15-13-11-14/h8-9H,3-7,10-13H2,1-2H3/q+1. The molecule has 1 rings (SSSR count). The highest BCUT2D eigenvalue weighted by Crippen LogP contribution is 2.10.